The van der Waals surface area contributed by atoms with E-state index in [1.165, 1.54) is 9.21 Å². The first-order valence-electron chi connectivity index (χ1n) is 16.2. The minimum absolute atomic E-state index is 0.0445. The van der Waals surface area contributed by atoms with Gasteiger partial charge in [0.15, 0.2) is 0 Å². The van der Waals surface area contributed by atoms with Crippen molar-refractivity contribution in [1.29, 1.82) is 0 Å². The van der Waals surface area contributed by atoms with Crippen LogP contribution in [-0.2, 0) is 39.0 Å². The summed E-state index contributed by atoms with van der Waals surface area (Å²) in [6.07, 6.45) is 4.72. The van der Waals surface area contributed by atoms with Crippen molar-refractivity contribution in [3.05, 3.63) is 130 Å². The van der Waals surface area contributed by atoms with Crippen molar-refractivity contribution in [3.8, 4) is 0 Å². The highest BCUT2D eigenvalue weighted by Crippen LogP contribution is 2.29. The van der Waals surface area contributed by atoms with E-state index in [1.54, 1.807) is 48.5 Å². The number of halogens is 1. The SMILES string of the molecule is CCc1ccccc1N(CC(=O)N(Cc1ccc(Cl)cc1)[C@@H](Cc1ccccc1)C(=O)NC1CCCC1)S(=O)(=O)c1ccc(C)cc1. The van der Waals surface area contributed by atoms with Crippen molar-refractivity contribution in [3.63, 3.8) is 0 Å². The number of anilines is 1. The lowest BCUT2D eigenvalue weighted by Crippen LogP contribution is -2.54. The van der Waals surface area contributed by atoms with Gasteiger partial charge in [0.1, 0.15) is 12.6 Å². The highest BCUT2D eigenvalue weighted by atomic mass is 35.5. The Morgan fingerprint density at radius 3 is 2.15 bits per heavy atom. The van der Waals surface area contributed by atoms with E-state index in [0.717, 1.165) is 47.9 Å². The van der Waals surface area contributed by atoms with E-state index >= 15 is 0 Å². The molecule has 0 bridgehead atoms. The molecule has 5 rings (SSSR count). The molecule has 0 aliphatic heterocycles. The first-order valence-corrected chi connectivity index (χ1v) is 18.0. The Morgan fingerprint density at radius 1 is 0.851 bits per heavy atom. The number of benzene rings is 4. The lowest BCUT2D eigenvalue weighted by Gasteiger charge is -2.34. The Labute approximate surface area is 283 Å². The van der Waals surface area contributed by atoms with Gasteiger partial charge in [0.05, 0.1) is 10.6 Å². The standard InChI is InChI=1S/C38H42ClN3O4S/c1-3-31-13-7-10-16-35(31)42(47(45,46)34-23-17-28(2)18-24-34)27-37(43)41(26-30-19-21-32(39)22-20-30)36(25-29-11-5-4-6-12-29)38(44)40-33-14-8-9-15-33/h4-7,10-13,16-24,33,36H,3,8-9,14-15,25-27H2,1-2H3,(H,40,44)/t36-/m0/s1. The van der Waals surface area contributed by atoms with Crippen LogP contribution in [0.5, 0.6) is 0 Å². The monoisotopic (exact) mass is 671 g/mol. The van der Waals surface area contributed by atoms with Gasteiger partial charge >= 0.3 is 0 Å². The van der Waals surface area contributed by atoms with E-state index in [1.807, 2.05) is 68.4 Å². The number of para-hydroxylation sites is 1. The van der Waals surface area contributed by atoms with Crippen LogP contribution in [0, 0.1) is 6.92 Å². The third-order valence-corrected chi connectivity index (χ3v) is 10.8. The van der Waals surface area contributed by atoms with Gasteiger partial charge in [0, 0.05) is 24.0 Å². The number of nitrogens with zero attached hydrogens (tertiary/aromatic N) is 2. The minimum Gasteiger partial charge on any atom is -0.352 e. The average Bonchev–Trinajstić information content (AvgIpc) is 3.59. The molecule has 47 heavy (non-hydrogen) atoms. The molecule has 246 valence electrons. The van der Waals surface area contributed by atoms with Crippen LogP contribution in [0.4, 0.5) is 5.69 Å². The Balaban J connectivity index is 1.58. The molecule has 1 fully saturated rings. The number of hydrogen-bond donors (Lipinski definition) is 1. The predicted octanol–water partition coefficient (Wildman–Crippen LogP) is 7.11. The van der Waals surface area contributed by atoms with Gasteiger partial charge in [-0.1, -0.05) is 110 Å². The highest BCUT2D eigenvalue weighted by Gasteiger charge is 2.36. The fourth-order valence-corrected chi connectivity index (χ4v) is 7.69. The van der Waals surface area contributed by atoms with Crippen LogP contribution in [0.1, 0.15) is 54.9 Å². The fraction of sp³-hybridized carbons (Fsp3) is 0.316. The maximum Gasteiger partial charge on any atom is 0.264 e. The van der Waals surface area contributed by atoms with Gasteiger partial charge in [-0.05, 0) is 73.2 Å². The molecule has 0 saturated heterocycles. The van der Waals surface area contributed by atoms with Crippen LogP contribution in [0.25, 0.3) is 0 Å². The molecule has 0 aromatic heterocycles. The molecule has 0 radical (unpaired) electrons. The summed E-state index contributed by atoms with van der Waals surface area (Å²) in [5.74, 6) is -0.728. The number of aryl methyl sites for hydroxylation is 2. The second kappa shape index (κ2) is 15.6. The molecule has 0 unspecified atom stereocenters. The van der Waals surface area contributed by atoms with Crippen LogP contribution in [0.15, 0.2) is 108 Å². The Bertz CT molecular complexity index is 1760. The fourth-order valence-electron chi connectivity index (χ4n) is 6.11. The van der Waals surface area contributed by atoms with Gasteiger partial charge in [-0.15, -0.1) is 0 Å². The molecule has 7 nitrogen and oxygen atoms in total. The Hall–Kier alpha value is -4.14. The second-order valence-electron chi connectivity index (χ2n) is 12.2. The lowest BCUT2D eigenvalue weighted by molar-refractivity contribution is -0.140. The molecule has 1 aliphatic carbocycles. The lowest BCUT2D eigenvalue weighted by atomic mass is 10.0. The molecule has 4 aromatic rings. The molecule has 4 aromatic carbocycles. The van der Waals surface area contributed by atoms with Gasteiger partial charge < -0.3 is 10.2 Å². The number of carbonyl (C=O) groups is 2. The molecule has 0 spiro atoms. The zero-order valence-electron chi connectivity index (χ0n) is 26.9. The number of rotatable bonds is 13. The van der Waals surface area contributed by atoms with Crippen molar-refractivity contribution >= 4 is 39.1 Å². The summed E-state index contributed by atoms with van der Waals surface area (Å²) in [6, 6.07) is 29.8. The molecule has 1 N–H and O–H groups in total. The van der Waals surface area contributed by atoms with Crippen molar-refractivity contribution in [1.82, 2.24) is 10.2 Å². The topological polar surface area (TPSA) is 86.8 Å². The van der Waals surface area contributed by atoms with Gasteiger partial charge in [-0.3, -0.25) is 13.9 Å². The molecule has 1 atom stereocenters. The molecule has 1 saturated carbocycles. The number of amides is 2. The van der Waals surface area contributed by atoms with E-state index in [0.29, 0.717) is 17.1 Å². The van der Waals surface area contributed by atoms with Gasteiger partial charge in [0.25, 0.3) is 10.0 Å². The number of hydrogen-bond acceptors (Lipinski definition) is 4. The quantitative estimate of drug-likeness (QED) is 0.164. The second-order valence-corrected chi connectivity index (χ2v) is 14.4. The van der Waals surface area contributed by atoms with Crippen molar-refractivity contribution in [2.75, 3.05) is 10.8 Å². The van der Waals surface area contributed by atoms with Crippen LogP contribution in [0.2, 0.25) is 5.02 Å². The molecular weight excluding hydrogens is 630 g/mol. The van der Waals surface area contributed by atoms with Crippen molar-refractivity contribution < 1.29 is 18.0 Å². The third kappa shape index (κ3) is 8.62. The van der Waals surface area contributed by atoms with E-state index < -0.39 is 28.5 Å². The Morgan fingerprint density at radius 2 is 1.49 bits per heavy atom. The summed E-state index contributed by atoms with van der Waals surface area (Å²) >= 11 is 6.19. The summed E-state index contributed by atoms with van der Waals surface area (Å²) in [4.78, 5) is 30.5. The van der Waals surface area contributed by atoms with E-state index in [-0.39, 0.29) is 29.8 Å². The highest BCUT2D eigenvalue weighted by molar-refractivity contribution is 7.92. The third-order valence-electron chi connectivity index (χ3n) is 8.77. The molecular formula is C38H42ClN3O4S. The van der Waals surface area contributed by atoms with E-state index in [2.05, 4.69) is 5.32 Å². The normalized spacial score (nSPS) is 14.0. The Kier molecular flexibility index (Phi) is 11.4. The zero-order valence-corrected chi connectivity index (χ0v) is 28.5. The minimum atomic E-state index is -4.17. The van der Waals surface area contributed by atoms with Gasteiger partial charge in [0.2, 0.25) is 11.8 Å². The van der Waals surface area contributed by atoms with E-state index in [9.17, 15) is 18.0 Å². The van der Waals surface area contributed by atoms with E-state index in [4.69, 9.17) is 11.6 Å². The van der Waals surface area contributed by atoms with Gasteiger partial charge in [-0.2, -0.15) is 0 Å². The first kappa shape index (κ1) is 34.2. The number of nitrogens with one attached hydrogen (secondary N) is 1. The van der Waals surface area contributed by atoms with Gasteiger partial charge in [-0.25, -0.2) is 8.42 Å². The smallest absolute Gasteiger partial charge is 0.264 e. The zero-order chi connectivity index (χ0) is 33.4. The number of carbonyl (C=O) groups excluding carboxylic acids is 2. The van der Waals surface area contributed by atoms with Crippen LogP contribution >= 0.6 is 11.6 Å². The van der Waals surface area contributed by atoms with Crippen LogP contribution in [-0.4, -0.2) is 43.8 Å². The van der Waals surface area contributed by atoms with Crippen LogP contribution in [0.3, 0.4) is 0 Å². The largest absolute Gasteiger partial charge is 0.352 e. The predicted molar refractivity (Wildman–Crippen MR) is 188 cm³/mol. The summed E-state index contributed by atoms with van der Waals surface area (Å²) in [6.45, 7) is 3.46. The number of sulfonamides is 1. The summed E-state index contributed by atoms with van der Waals surface area (Å²) in [7, 11) is -4.17. The maximum atomic E-state index is 14.7. The molecule has 2 amide bonds. The van der Waals surface area contributed by atoms with Crippen LogP contribution < -0.4 is 9.62 Å². The maximum absolute atomic E-state index is 14.7. The molecule has 1 aliphatic rings. The summed E-state index contributed by atoms with van der Waals surface area (Å²) in [5.41, 5.74) is 3.82. The molecule has 0 heterocycles. The van der Waals surface area contributed by atoms with Crippen molar-refractivity contribution in [2.24, 2.45) is 0 Å². The van der Waals surface area contributed by atoms with Crippen molar-refractivity contribution in [2.45, 2.75) is 75.9 Å². The average molecular weight is 672 g/mol. The summed E-state index contributed by atoms with van der Waals surface area (Å²) < 4.78 is 29.9. The molecule has 9 heteroatoms. The first-order chi connectivity index (χ1) is 22.7. The summed E-state index contributed by atoms with van der Waals surface area (Å²) in [5, 5.41) is 3.76.